The molecule has 1 aromatic heterocycles. The molecule has 3 rings (SSSR count). The first-order chi connectivity index (χ1) is 12.4. The van der Waals surface area contributed by atoms with E-state index in [0.717, 1.165) is 32.1 Å². The fourth-order valence-corrected chi connectivity index (χ4v) is 3.97. The minimum absolute atomic E-state index is 0.00651. The lowest BCUT2D eigenvalue weighted by Gasteiger charge is -2.23. The Labute approximate surface area is 167 Å². The Morgan fingerprint density at radius 2 is 1.77 bits per heavy atom. The number of methoxy groups -OCH3 is 1. The van der Waals surface area contributed by atoms with Gasteiger partial charge in [0, 0.05) is 18.1 Å². The predicted molar refractivity (Wildman–Crippen MR) is 112 cm³/mol. The molecule has 0 saturated carbocycles. The van der Waals surface area contributed by atoms with E-state index in [1.54, 1.807) is 18.4 Å². The minimum atomic E-state index is 0.00651. The summed E-state index contributed by atoms with van der Waals surface area (Å²) in [5.74, 6) is 0.799. The molecule has 0 aliphatic carbocycles. The molecule has 0 fully saturated rings. The van der Waals surface area contributed by atoms with E-state index < -0.39 is 0 Å². The second-order valence-corrected chi connectivity index (χ2v) is 8.71. The van der Waals surface area contributed by atoms with Crippen molar-refractivity contribution in [2.75, 3.05) is 13.9 Å². The van der Waals surface area contributed by atoms with Crippen LogP contribution < -0.4 is 4.74 Å². The van der Waals surface area contributed by atoms with Gasteiger partial charge >= 0.3 is 0 Å². The minimum Gasteiger partial charge on any atom is -0.466 e. The molecular formula is C21H22BrNO2S. The molecular weight excluding hydrogens is 410 g/mol. The maximum absolute atomic E-state index is 6.03. The number of halogens is 1. The van der Waals surface area contributed by atoms with Crippen molar-refractivity contribution in [2.24, 2.45) is 0 Å². The molecule has 2 aromatic carbocycles. The first-order valence-electron chi connectivity index (χ1n) is 8.37. The number of thiazole rings is 1. The van der Waals surface area contributed by atoms with Crippen LogP contribution in [0.25, 0.3) is 21.7 Å². The van der Waals surface area contributed by atoms with Crippen LogP contribution in [0.2, 0.25) is 0 Å². The van der Waals surface area contributed by atoms with Gasteiger partial charge in [0.15, 0.2) is 6.79 Å². The highest BCUT2D eigenvalue weighted by atomic mass is 79.9. The van der Waals surface area contributed by atoms with E-state index in [1.165, 1.54) is 5.56 Å². The summed E-state index contributed by atoms with van der Waals surface area (Å²) in [6.45, 7) is 6.84. The van der Waals surface area contributed by atoms with E-state index in [0.29, 0.717) is 0 Å². The third-order valence-corrected chi connectivity index (χ3v) is 5.65. The highest BCUT2D eigenvalue weighted by Crippen LogP contribution is 2.43. The van der Waals surface area contributed by atoms with E-state index in [9.17, 15) is 0 Å². The molecule has 0 unspecified atom stereocenters. The molecule has 0 N–H and O–H groups in total. The van der Waals surface area contributed by atoms with Gasteiger partial charge in [-0.1, -0.05) is 51.1 Å². The van der Waals surface area contributed by atoms with Gasteiger partial charge in [0.1, 0.15) is 15.4 Å². The summed E-state index contributed by atoms with van der Waals surface area (Å²) in [7, 11) is 1.63. The quantitative estimate of drug-likeness (QED) is 0.430. The molecule has 3 nitrogen and oxygen atoms in total. The fourth-order valence-electron chi connectivity index (χ4n) is 2.70. The molecule has 0 aliphatic rings. The zero-order valence-electron chi connectivity index (χ0n) is 15.4. The van der Waals surface area contributed by atoms with Gasteiger partial charge in [-0.15, -0.1) is 11.3 Å². The molecule has 0 bridgehead atoms. The zero-order valence-corrected chi connectivity index (χ0v) is 17.8. The zero-order chi connectivity index (χ0) is 18.7. The van der Waals surface area contributed by atoms with Crippen molar-refractivity contribution in [1.29, 1.82) is 0 Å². The summed E-state index contributed by atoms with van der Waals surface area (Å²) >= 11 is 5.06. The Hall–Kier alpha value is -1.69. The van der Waals surface area contributed by atoms with Gasteiger partial charge in [-0.3, -0.25) is 0 Å². The van der Waals surface area contributed by atoms with Crippen LogP contribution in [0.15, 0.2) is 52.4 Å². The maximum Gasteiger partial charge on any atom is 0.188 e. The van der Waals surface area contributed by atoms with Crippen LogP contribution >= 0.6 is 27.3 Å². The van der Waals surface area contributed by atoms with Gasteiger partial charge < -0.3 is 9.47 Å². The first kappa shape index (κ1) is 19.1. The lowest BCUT2D eigenvalue weighted by Crippen LogP contribution is -2.12. The topological polar surface area (TPSA) is 31.4 Å². The largest absolute Gasteiger partial charge is 0.466 e. The molecule has 5 heteroatoms. The number of hydrogen-bond acceptors (Lipinski definition) is 4. The second-order valence-electron chi connectivity index (χ2n) is 7.04. The van der Waals surface area contributed by atoms with Crippen molar-refractivity contribution in [2.45, 2.75) is 26.2 Å². The van der Waals surface area contributed by atoms with Crippen LogP contribution in [0.3, 0.4) is 0 Å². The Bertz CT molecular complexity index is 885. The number of hydrogen-bond donors (Lipinski definition) is 0. The van der Waals surface area contributed by atoms with Gasteiger partial charge in [0.2, 0.25) is 0 Å². The number of rotatable bonds is 5. The molecule has 0 saturated heterocycles. The monoisotopic (exact) mass is 431 g/mol. The van der Waals surface area contributed by atoms with Crippen molar-refractivity contribution in [1.82, 2.24) is 4.98 Å². The van der Waals surface area contributed by atoms with Crippen LogP contribution in [0.5, 0.6) is 5.75 Å². The third-order valence-electron chi connectivity index (χ3n) is 4.07. The van der Waals surface area contributed by atoms with E-state index in [-0.39, 0.29) is 12.2 Å². The molecule has 0 radical (unpaired) electrons. The van der Waals surface area contributed by atoms with Crippen molar-refractivity contribution in [3.8, 4) is 27.4 Å². The molecule has 0 amide bonds. The van der Waals surface area contributed by atoms with Crippen molar-refractivity contribution in [3.05, 3.63) is 58.0 Å². The lowest BCUT2D eigenvalue weighted by molar-refractivity contribution is 0.0519. The van der Waals surface area contributed by atoms with Crippen molar-refractivity contribution >= 4 is 27.3 Å². The molecule has 136 valence electrons. The predicted octanol–water partition coefficient (Wildman–Crippen LogP) is 6.52. The average Bonchev–Trinajstić information content (AvgIpc) is 3.05. The Kier molecular flexibility index (Phi) is 5.80. The van der Waals surface area contributed by atoms with Gasteiger partial charge in [0.05, 0.1) is 5.56 Å². The molecule has 26 heavy (non-hydrogen) atoms. The number of ether oxygens (including phenoxy) is 2. The highest BCUT2D eigenvalue weighted by Gasteiger charge is 2.22. The van der Waals surface area contributed by atoms with E-state index in [4.69, 9.17) is 9.47 Å². The van der Waals surface area contributed by atoms with Gasteiger partial charge in [-0.25, -0.2) is 4.98 Å². The van der Waals surface area contributed by atoms with Crippen LogP contribution in [0.4, 0.5) is 0 Å². The lowest BCUT2D eigenvalue weighted by atomic mass is 9.83. The van der Waals surface area contributed by atoms with Crippen LogP contribution in [-0.2, 0) is 10.2 Å². The highest BCUT2D eigenvalue weighted by molar-refractivity contribution is 9.10. The Morgan fingerprint density at radius 1 is 1.08 bits per heavy atom. The van der Waals surface area contributed by atoms with Crippen LogP contribution in [0.1, 0.15) is 26.3 Å². The average molecular weight is 432 g/mol. The number of nitrogens with zero attached hydrogens (tertiary/aromatic N) is 1. The van der Waals surface area contributed by atoms with Crippen LogP contribution in [0, 0.1) is 0 Å². The molecule has 3 aromatic rings. The fraction of sp³-hybridized carbons (Fsp3) is 0.286. The molecule has 1 heterocycles. The SMILES string of the molecule is COCOc1c(-c2ccccc2)cc(C(C)(C)C)cc1-c1nc(Br)cs1. The van der Waals surface area contributed by atoms with E-state index in [1.807, 2.05) is 23.6 Å². The van der Waals surface area contributed by atoms with E-state index >= 15 is 0 Å². The summed E-state index contributed by atoms with van der Waals surface area (Å²) in [6.07, 6.45) is 0. The van der Waals surface area contributed by atoms with Gasteiger partial charge in [0.25, 0.3) is 0 Å². The van der Waals surface area contributed by atoms with Crippen molar-refractivity contribution in [3.63, 3.8) is 0 Å². The van der Waals surface area contributed by atoms with E-state index in [2.05, 4.69) is 66.0 Å². The summed E-state index contributed by atoms with van der Waals surface area (Å²) in [5, 5.41) is 2.91. The summed E-state index contributed by atoms with van der Waals surface area (Å²) in [6, 6.07) is 14.7. The maximum atomic E-state index is 6.03. The molecule has 0 spiro atoms. The summed E-state index contributed by atoms with van der Waals surface area (Å²) in [5.41, 5.74) is 4.40. The molecule has 0 aliphatic heterocycles. The number of benzene rings is 2. The van der Waals surface area contributed by atoms with Gasteiger partial charge in [-0.2, -0.15) is 0 Å². The van der Waals surface area contributed by atoms with Gasteiger partial charge in [-0.05, 0) is 44.6 Å². The van der Waals surface area contributed by atoms with Crippen LogP contribution in [-0.4, -0.2) is 18.9 Å². The standard InChI is InChI=1S/C21H22BrNO2S/c1-21(2,3)15-10-16(14-8-6-5-7-9-14)19(25-13-24-4)17(11-15)20-23-18(22)12-26-20/h5-12H,13H2,1-4H3. The summed E-state index contributed by atoms with van der Waals surface area (Å²) < 4.78 is 12.0. The smallest absolute Gasteiger partial charge is 0.188 e. The Balaban J connectivity index is 2.29. The number of aromatic nitrogens is 1. The second kappa shape index (κ2) is 7.91. The van der Waals surface area contributed by atoms with Crippen molar-refractivity contribution < 1.29 is 9.47 Å². The molecule has 0 atom stereocenters. The normalized spacial score (nSPS) is 11.6. The Morgan fingerprint density at radius 3 is 2.35 bits per heavy atom. The third kappa shape index (κ3) is 4.17. The summed E-state index contributed by atoms with van der Waals surface area (Å²) in [4.78, 5) is 4.62. The first-order valence-corrected chi connectivity index (χ1v) is 10.0.